The van der Waals surface area contributed by atoms with Crippen LogP contribution in [0.4, 0.5) is 10.5 Å². The van der Waals surface area contributed by atoms with Gasteiger partial charge in [0.2, 0.25) is 5.91 Å². The van der Waals surface area contributed by atoms with Gasteiger partial charge in [0.15, 0.2) is 0 Å². The molecular weight excluding hydrogens is 548 g/mol. The van der Waals surface area contributed by atoms with Crippen molar-refractivity contribution in [2.24, 2.45) is 0 Å². The van der Waals surface area contributed by atoms with Gasteiger partial charge in [-0.1, -0.05) is 66.7 Å². The van der Waals surface area contributed by atoms with Crippen molar-refractivity contribution in [2.75, 3.05) is 37.8 Å². The minimum absolute atomic E-state index is 0.0845. The summed E-state index contributed by atoms with van der Waals surface area (Å²) < 4.78 is 0. The van der Waals surface area contributed by atoms with Crippen LogP contribution in [0.25, 0.3) is 0 Å². The monoisotopic (exact) mass is 584 g/mol. The minimum Gasteiger partial charge on any atom is -0.341 e. The van der Waals surface area contributed by atoms with Gasteiger partial charge in [0.25, 0.3) is 5.91 Å². The van der Waals surface area contributed by atoms with Crippen molar-refractivity contribution in [1.82, 2.24) is 20.4 Å². The standard InChI is InChI=1S/C32H36N6O3S/c1-37(28-15-18-38(21-28)20-24-9-4-2-5-10-24)32(41)35-27-14-8-13-26(19-27)30(39)36-29(31(40)34-17-16-33)23-42-22-25-11-6-3-7-12-25/h2-14,19,28-29H,15,17-18,20-23H2,1H3,(H,34,40)(H,35,41)(H,36,39)/t28-,29?/m0/s1. The van der Waals surface area contributed by atoms with Crippen molar-refractivity contribution >= 4 is 35.3 Å². The number of hydrogen-bond donors (Lipinski definition) is 3. The molecule has 0 aliphatic carbocycles. The van der Waals surface area contributed by atoms with E-state index in [0.29, 0.717) is 22.8 Å². The van der Waals surface area contributed by atoms with Gasteiger partial charge in [-0.05, 0) is 35.7 Å². The van der Waals surface area contributed by atoms with Gasteiger partial charge in [-0.2, -0.15) is 17.0 Å². The maximum Gasteiger partial charge on any atom is 0.321 e. The third kappa shape index (κ3) is 9.09. The number of rotatable bonds is 12. The van der Waals surface area contributed by atoms with E-state index in [-0.39, 0.29) is 18.6 Å². The quantitative estimate of drug-likeness (QED) is 0.276. The largest absolute Gasteiger partial charge is 0.341 e. The van der Waals surface area contributed by atoms with Crippen LogP contribution in [0, 0.1) is 11.3 Å². The second-order valence-corrected chi connectivity index (χ2v) is 11.2. The van der Waals surface area contributed by atoms with Gasteiger partial charge in [0, 0.05) is 55.5 Å². The van der Waals surface area contributed by atoms with Crippen molar-refractivity contribution < 1.29 is 14.4 Å². The van der Waals surface area contributed by atoms with Crippen molar-refractivity contribution in [1.29, 1.82) is 5.26 Å². The lowest BCUT2D eigenvalue weighted by Crippen LogP contribution is -2.48. The summed E-state index contributed by atoms with van der Waals surface area (Å²) >= 11 is 1.52. The molecule has 1 heterocycles. The second kappa shape index (κ2) is 15.6. The number of nitriles is 1. The number of likely N-dealkylation sites (tertiary alicyclic amines) is 1. The van der Waals surface area contributed by atoms with E-state index in [0.717, 1.165) is 31.6 Å². The van der Waals surface area contributed by atoms with Gasteiger partial charge in [-0.15, -0.1) is 0 Å². The van der Waals surface area contributed by atoms with Gasteiger partial charge in [0.1, 0.15) is 12.6 Å². The zero-order valence-electron chi connectivity index (χ0n) is 23.7. The van der Waals surface area contributed by atoms with Crippen LogP contribution < -0.4 is 16.0 Å². The summed E-state index contributed by atoms with van der Waals surface area (Å²) in [6.07, 6.45) is 0.886. The molecule has 0 radical (unpaired) electrons. The van der Waals surface area contributed by atoms with E-state index in [9.17, 15) is 14.4 Å². The summed E-state index contributed by atoms with van der Waals surface area (Å²) in [6, 6.07) is 27.7. The SMILES string of the molecule is CN(C(=O)Nc1cccc(C(=O)NC(CSCc2ccccc2)C(=O)NCC#N)c1)[C@H]1CCN(Cc2ccccc2)C1. The summed E-state index contributed by atoms with van der Waals surface area (Å²) in [5.41, 5.74) is 3.17. The smallest absolute Gasteiger partial charge is 0.321 e. The number of amides is 4. The second-order valence-electron chi connectivity index (χ2n) is 10.2. The molecule has 42 heavy (non-hydrogen) atoms. The molecule has 4 amide bonds. The van der Waals surface area contributed by atoms with Gasteiger partial charge in [-0.3, -0.25) is 14.5 Å². The fourth-order valence-electron chi connectivity index (χ4n) is 4.77. The molecule has 3 aromatic carbocycles. The molecule has 0 spiro atoms. The van der Waals surface area contributed by atoms with E-state index in [1.165, 1.54) is 17.3 Å². The minimum atomic E-state index is -0.829. The Kier molecular flexibility index (Phi) is 11.4. The molecule has 218 valence electrons. The Balaban J connectivity index is 1.32. The lowest BCUT2D eigenvalue weighted by Gasteiger charge is -2.25. The Morgan fingerprint density at radius 1 is 1.02 bits per heavy atom. The van der Waals surface area contributed by atoms with Gasteiger partial charge < -0.3 is 20.9 Å². The molecule has 10 heteroatoms. The topological polar surface area (TPSA) is 118 Å². The fourth-order valence-corrected chi connectivity index (χ4v) is 5.79. The lowest BCUT2D eigenvalue weighted by atomic mass is 10.1. The van der Waals surface area contributed by atoms with Crippen molar-refractivity contribution in [2.45, 2.75) is 30.8 Å². The number of likely N-dealkylation sites (N-methyl/N-ethyl adjacent to an activating group) is 1. The zero-order chi connectivity index (χ0) is 29.7. The molecule has 0 aromatic heterocycles. The lowest BCUT2D eigenvalue weighted by molar-refractivity contribution is -0.122. The first-order chi connectivity index (χ1) is 20.4. The molecule has 9 nitrogen and oxygen atoms in total. The average Bonchev–Trinajstić information content (AvgIpc) is 3.48. The summed E-state index contributed by atoms with van der Waals surface area (Å²) in [6.45, 7) is 2.41. The van der Waals surface area contributed by atoms with E-state index in [1.54, 1.807) is 36.2 Å². The Morgan fingerprint density at radius 3 is 2.45 bits per heavy atom. The number of nitrogens with zero attached hydrogens (tertiary/aromatic N) is 3. The molecule has 2 atom stereocenters. The van der Waals surface area contributed by atoms with Gasteiger partial charge in [-0.25, -0.2) is 4.79 Å². The highest BCUT2D eigenvalue weighted by Gasteiger charge is 2.28. The molecule has 0 saturated carbocycles. The van der Waals surface area contributed by atoms with Crippen LogP contribution in [0.1, 0.15) is 27.9 Å². The summed E-state index contributed by atoms with van der Waals surface area (Å²) in [5, 5.41) is 17.1. The third-order valence-electron chi connectivity index (χ3n) is 7.10. The summed E-state index contributed by atoms with van der Waals surface area (Å²) in [4.78, 5) is 43.0. The molecule has 0 bridgehead atoms. The van der Waals surface area contributed by atoms with Gasteiger partial charge in [0.05, 0.1) is 6.07 Å². The first-order valence-corrected chi connectivity index (χ1v) is 15.1. The Labute approximate surface area is 251 Å². The maximum absolute atomic E-state index is 13.1. The molecule has 1 aliphatic rings. The van der Waals surface area contributed by atoms with E-state index < -0.39 is 17.9 Å². The number of anilines is 1. The molecule has 1 unspecified atom stereocenters. The molecule has 3 N–H and O–H groups in total. The van der Waals surface area contributed by atoms with Crippen LogP contribution in [-0.4, -0.2) is 72.2 Å². The maximum atomic E-state index is 13.1. The van der Waals surface area contributed by atoms with E-state index >= 15 is 0 Å². The number of benzene rings is 3. The van der Waals surface area contributed by atoms with E-state index in [4.69, 9.17) is 5.26 Å². The summed E-state index contributed by atoms with van der Waals surface area (Å²) in [5.74, 6) is 0.152. The van der Waals surface area contributed by atoms with E-state index in [2.05, 4.69) is 33.0 Å². The van der Waals surface area contributed by atoms with Crippen molar-refractivity contribution in [3.8, 4) is 6.07 Å². The van der Waals surface area contributed by atoms with Crippen molar-refractivity contribution in [3.05, 3.63) is 102 Å². The van der Waals surface area contributed by atoms with Crippen molar-refractivity contribution in [3.63, 3.8) is 0 Å². The average molecular weight is 585 g/mol. The summed E-state index contributed by atoms with van der Waals surface area (Å²) in [7, 11) is 1.79. The van der Waals surface area contributed by atoms with E-state index in [1.807, 2.05) is 54.6 Å². The van der Waals surface area contributed by atoms with Crippen LogP contribution in [-0.2, 0) is 17.1 Å². The van der Waals surface area contributed by atoms with Crippen LogP contribution in [0.2, 0.25) is 0 Å². The number of carbonyl (C=O) groups excluding carboxylic acids is 3. The number of urea groups is 1. The first-order valence-electron chi connectivity index (χ1n) is 13.9. The zero-order valence-corrected chi connectivity index (χ0v) is 24.5. The fraction of sp³-hybridized carbons (Fsp3) is 0.312. The molecule has 1 saturated heterocycles. The predicted molar refractivity (Wildman–Crippen MR) is 166 cm³/mol. The number of thioether (sulfide) groups is 1. The Hall–Kier alpha value is -4.33. The first kappa shape index (κ1) is 30.6. The molecule has 1 aliphatic heterocycles. The van der Waals surface area contributed by atoms with Crippen LogP contribution in [0.15, 0.2) is 84.9 Å². The van der Waals surface area contributed by atoms with Gasteiger partial charge >= 0.3 is 6.03 Å². The number of hydrogen-bond acceptors (Lipinski definition) is 6. The Bertz CT molecular complexity index is 1380. The number of carbonyl (C=O) groups is 3. The molecule has 1 fully saturated rings. The van der Waals surface area contributed by atoms with Crippen LogP contribution in [0.5, 0.6) is 0 Å². The highest BCUT2D eigenvalue weighted by atomic mass is 32.2. The predicted octanol–water partition coefficient (Wildman–Crippen LogP) is 4.10. The molecule has 3 aromatic rings. The third-order valence-corrected chi connectivity index (χ3v) is 8.21. The Morgan fingerprint density at radius 2 is 1.74 bits per heavy atom. The highest BCUT2D eigenvalue weighted by Crippen LogP contribution is 2.19. The number of nitrogens with one attached hydrogen (secondary N) is 3. The van der Waals surface area contributed by atoms with Crippen LogP contribution in [0.3, 0.4) is 0 Å². The van der Waals surface area contributed by atoms with Crippen LogP contribution >= 0.6 is 11.8 Å². The highest BCUT2D eigenvalue weighted by molar-refractivity contribution is 7.98. The molecular formula is C32H36N6O3S. The normalized spacial score (nSPS) is 15.3. The molecule has 4 rings (SSSR count).